The molecule has 268 valence electrons. The second-order valence-electron chi connectivity index (χ2n) is 11.8. The van der Waals surface area contributed by atoms with Crippen LogP contribution in [0, 0.1) is 37.0 Å². The Morgan fingerprint density at radius 1 is 1.10 bits per heavy atom. The van der Waals surface area contributed by atoms with Gasteiger partial charge < -0.3 is 28.0 Å². The number of hydrogen-bond donors (Lipinski definition) is 1. The summed E-state index contributed by atoms with van der Waals surface area (Å²) in [6.07, 6.45) is 11.3. The number of carbonyl (C=O) groups excluding carboxylic acids is 2. The number of carbonyl (C=O) groups is 2. The van der Waals surface area contributed by atoms with E-state index in [9.17, 15) is 19.2 Å². The summed E-state index contributed by atoms with van der Waals surface area (Å²) in [5, 5.41) is 0.324. The third-order valence-electron chi connectivity index (χ3n) is 7.03. The highest BCUT2D eigenvalue weighted by Gasteiger charge is 2.52. The molecule has 13 nitrogen and oxygen atoms in total. The Kier molecular flexibility index (Phi) is 17.8. The van der Waals surface area contributed by atoms with Gasteiger partial charge in [0.05, 0.1) is 25.4 Å². The Labute approximate surface area is 292 Å². The van der Waals surface area contributed by atoms with Crippen LogP contribution in [0.3, 0.4) is 0 Å². The normalized spacial score (nSPS) is 18.7. The molecule has 0 bridgehead atoms. The monoisotopic (exact) mass is 729 g/mol. The average molecular weight is 730 g/mol. The number of esters is 2. The van der Waals surface area contributed by atoms with Crippen LogP contribution >= 0.6 is 30.1 Å². The molecule has 0 saturated carbocycles. The molecule has 2 unspecified atom stereocenters. The molecule has 1 aromatic heterocycles. The molecule has 0 spiro atoms. The lowest BCUT2D eigenvalue weighted by Gasteiger charge is -2.39. The first-order chi connectivity index (χ1) is 22.7. The second-order valence-corrected chi connectivity index (χ2v) is 16.1. The Bertz CT molecular complexity index is 1370. The number of aromatic amines is 1. The SMILES string of the molecule is C#CCOC(=O)C(COCSSC(C)C)(COP(OC1C[C@H](n2cc(C)c(=O)[nH]c2=O)O[C@@H]1CC)N(C(C)C)C(C)C)C(=O)OCC#C. The zero-order chi connectivity index (χ0) is 36.0. The van der Waals surface area contributed by atoms with Crippen molar-refractivity contribution in [3.63, 3.8) is 0 Å². The highest BCUT2D eigenvalue weighted by Crippen LogP contribution is 2.51. The van der Waals surface area contributed by atoms with Crippen LogP contribution < -0.4 is 11.2 Å². The van der Waals surface area contributed by atoms with Crippen molar-refractivity contribution in [2.24, 2.45) is 5.41 Å². The Hall–Kier alpha value is -2.33. The number of aromatic nitrogens is 2. The van der Waals surface area contributed by atoms with Crippen molar-refractivity contribution < 1.29 is 37.6 Å². The van der Waals surface area contributed by atoms with E-state index in [0.29, 0.717) is 17.2 Å². The number of H-pyrrole nitrogens is 1. The maximum Gasteiger partial charge on any atom is 0.330 e. The summed E-state index contributed by atoms with van der Waals surface area (Å²) in [6, 6.07) is -0.175. The van der Waals surface area contributed by atoms with Crippen LogP contribution in [0.5, 0.6) is 0 Å². The van der Waals surface area contributed by atoms with Crippen molar-refractivity contribution in [1.82, 2.24) is 14.2 Å². The van der Waals surface area contributed by atoms with E-state index < -0.39 is 68.8 Å². The molecule has 16 heteroatoms. The third kappa shape index (κ3) is 11.6. The van der Waals surface area contributed by atoms with Crippen LogP contribution in [-0.2, 0) is 37.6 Å². The van der Waals surface area contributed by atoms with E-state index in [0.717, 1.165) is 0 Å². The molecule has 0 aromatic carbocycles. The Balaban J connectivity index is 2.48. The number of rotatable bonds is 20. The fraction of sp³-hybridized carbons (Fsp3) is 0.688. The number of hydrogen-bond acceptors (Lipinski definition) is 13. The van der Waals surface area contributed by atoms with Gasteiger partial charge in [-0.25, -0.2) is 9.46 Å². The van der Waals surface area contributed by atoms with Gasteiger partial charge in [-0.3, -0.25) is 23.9 Å². The molecule has 1 aliphatic heterocycles. The summed E-state index contributed by atoms with van der Waals surface area (Å²) in [6.45, 7) is 13.7. The maximum absolute atomic E-state index is 13.6. The van der Waals surface area contributed by atoms with E-state index in [-0.39, 0.29) is 37.7 Å². The summed E-state index contributed by atoms with van der Waals surface area (Å²) in [4.78, 5) is 54.2. The zero-order valence-corrected chi connectivity index (χ0v) is 31.4. The van der Waals surface area contributed by atoms with Crippen molar-refractivity contribution >= 4 is 42.1 Å². The smallest absolute Gasteiger partial charge is 0.330 e. The van der Waals surface area contributed by atoms with Crippen LogP contribution in [0.4, 0.5) is 0 Å². The Morgan fingerprint density at radius 3 is 2.23 bits per heavy atom. The molecular weight excluding hydrogens is 681 g/mol. The first kappa shape index (κ1) is 41.8. The number of terminal acetylenes is 2. The summed E-state index contributed by atoms with van der Waals surface area (Å²) in [5.41, 5.74) is -2.79. The van der Waals surface area contributed by atoms with Gasteiger partial charge in [0.2, 0.25) is 5.41 Å². The molecule has 0 radical (unpaired) electrons. The van der Waals surface area contributed by atoms with Crippen molar-refractivity contribution in [1.29, 1.82) is 0 Å². The van der Waals surface area contributed by atoms with Gasteiger partial charge >= 0.3 is 17.6 Å². The minimum Gasteiger partial charge on any atom is -0.452 e. The molecular formula is C32H48N3O10PS2. The fourth-order valence-electron chi connectivity index (χ4n) is 4.82. The average Bonchev–Trinajstić information content (AvgIpc) is 3.43. The van der Waals surface area contributed by atoms with Crippen LogP contribution in [-0.4, -0.2) is 88.1 Å². The van der Waals surface area contributed by atoms with E-state index in [2.05, 4.69) is 16.8 Å². The topological polar surface area (TPSA) is 148 Å². The van der Waals surface area contributed by atoms with E-state index in [1.54, 1.807) is 17.7 Å². The van der Waals surface area contributed by atoms with Crippen molar-refractivity contribution in [2.75, 3.05) is 32.4 Å². The predicted octanol–water partition coefficient (Wildman–Crippen LogP) is 4.39. The van der Waals surface area contributed by atoms with Gasteiger partial charge in [0.1, 0.15) is 12.2 Å². The summed E-state index contributed by atoms with van der Waals surface area (Å²) in [7, 11) is 1.02. The molecule has 4 atom stereocenters. The fourth-order valence-corrected chi connectivity index (χ4v) is 8.32. The predicted molar refractivity (Wildman–Crippen MR) is 188 cm³/mol. The van der Waals surface area contributed by atoms with Gasteiger partial charge in [-0.05, 0) is 41.0 Å². The van der Waals surface area contributed by atoms with Gasteiger partial charge in [0.25, 0.3) is 14.1 Å². The number of nitrogens with one attached hydrogen (secondary N) is 1. The number of nitrogens with zero attached hydrogens (tertiary/aromatic N) is 2. The lowest BCUT2D eigenvalue weighted by Crippen LogP contribution is -2.49. The van der Waals surface area contributed by atoms with Crippen LogP contribution in [0.15, 0.2) is 15.8 Å². The zero-order valence-electron chi connectivity index (χ0n) is 28.9. The third-order valence-corrected chi connectivity index (χ3v) is 11.8. The van der Waals surface area contributed by atoms with E-state index in [1.165, 1.54) is 21.6 Å². The highest BCUT2D eigenvalue weighted by molar-refractivity contribution is 8.76. The lowest BCUT2D eigenvalue weighted by atomic mass is 9.90. The standard InChI is InChI=1S/C32H48N3O10PS2/c1-11-14-41-29(37)32(30(38)42-15-12-2,18-40-20-47-48-23(8)9)19-43-46(35(21(4)5)22(6)7)45-26-16-27(44-25(26)13-3)34-17-24(10)28(36)33-31(34)39/h1-2,17,21-23,25-27H,13-16,18-20H2,3-10H3,(H,33,36,39)/t25-,26?,27-,46?/m1/s1. The molecule has 0 amide bonds. The maximum atomic E-state index is 13.6. The summed E-state index contributed by atoms with van der Waals surface area (Å²) in [5.74, 6) is 2.67. The van der Waals surface area contributed by atoms with Crippen molar-refractivity contribution in [3.8, 4) is 24.7 Å². The van der Waals surface area contributed by atoms with Crippen molar-refractivity contribution in [2.45, 2.75) is 104 Å². The van der Waals surface area contributed by atoms with Gasteiger partial charge in [-0.15, -0.1) is 12.8 Å². The van der Waals surface area contributed by atoms with Gasteiger partial charge in [-0.2, -0.15) is 0 Å². The molecule has 1 aromatic rings. The molecule has 1 aliphatic rings. The second kappa shape index (κ2) is 20.4. The first-order valence-corrected chi connectivity index (χ1v) is 19.2. The summed E-state index contributed by atoms with van der Waals surface area (Å²) < 4.78 is 39.1. The molecule has 2 heterocycles. The lowest BCUT2D eigenvalue weighted by molar-refractivity contribution is -0.178. The highest BCUT2D eigenvalue weighted by atomic mass is 33.1. The van der Waals surface area contributed by atoms with Crippen LogP contribution in [0.1, 0.15) is 73.1 Å². The largest absolute Gasteiger partial charge is 0.452 e. The van der Waals surface area contributed by atoms with Gasteiger partial charge in [0, 0.05) is 35.5 Å². The minimum atomic E-state index is -2.08. The molecule has 1 fully saturated rings. The molecule has 1 saturated heterocycles. The molecule has 0 aliphatic carbocycles. The molecule has 2 rings (SSSR count). The number of ether oxygens (including phenoxy) is 4. The van der Waals surface area contributed by atoms with Gasteiger partial charge in [-0.1, -0.05) is 54.2 Å². The first-order valence-electron chi connectivity index (χ1n) is 15.6. The summed E-state index contributed by atoms with van der Waals surface area (Å²) >= 11 is 0. The van der Waals surface area contributed by atoms with E-state index in [1.807, 2.05) is 53.1 Å². The van der Waals surface area contributed by atoms with Crippen molar-refractivity contribution in [3.05, 3.63) is 32.6 Å². The van der Waals surface area contributed by atoms with Crippen LogP contribution in [0.25, 0.3) is 0 Å². The quantitative estimate of drug-likeness (QED) is 0.0385. The van der Waals surface area contributed by atoms with E-state index >= 15 is 0 Å². The van der Waals surface area contributed by atoms with Crippen LogP contribution in [0.2, 0.25) is 0 Å². The number of aryl methyl sites for hydroxylation is 1. The minimum absolute atomic E-state index is 0.0873. The van der Waals surface area contributed by atoms with Gasteiger partial charge in [0.15, 0.2) is 13.2 Å². The molecule has 48 heavy (non-hydrogen) atoms. The van der Waals surface area contributed by atoms with E-state index in [4.69, 9.17) is 40.8 Å². The molecule has 1 N–H and O–H groups in total. The Morgan fingerprint density at radius 2 is 1.71 bits per heavy atom.